The van der Waals surface area contributed by atoms with E-state index in [2.05, 4.69) is 45.1 Å². The molecule has 0 unspecified atom stereocenters. The van der Waals surface area contributed by atoms with Crippen molar-refractivity contribution in [2.45, 2.75) is 271 Å². The number of allylic oxidation sites excluding steroid dienone is 4. The van der Waals surface area contributed by atoms with E-state index >= 15 is 0 Å². The van der Waals surface area contributed by atoms with Gasteiger partial charge < -0.3 is 14.2 Å². The van der Waals surface area contributed by atoms with Crippen molar-refractivity contribution < 1.29 is 28.6 Å². The van der Waals surface area contributed by atoms with Crippen molar-refractivity contribution in [2.24, 2.45) is 0 Å². The van der Waals surface area contributed by atoms with Gasteiger partial charge in [-0.05, 0) is 70.6 Å². The largest absolute Gasteiger partial charge is 0.462 e. The fourth-order valence-corrected chi connectivity index (χ4v) is 7.14. The lowest BCUT2D eigenvalue weighted by Gasteiger charge is -2.18. The van der Waals surface area contributed by atoms with Gasteiger partial charge in [-0.1, -0.05) is 199 Å². The van der Waals surface area contributed by atoms with Crippen LogP contribution < -0.4 is 0 Å². The molecule has 0 saturated carbocycles. The normalized spacial score (nSPS) is 12.1. The van der Waals surface area contributed by atoms with Crippen LogP contribution in [0, 0.1) is 0 Å². The maximum Gasteiger partial charge on any atom is 0.306 e. The van der Waals surface area contributed by atoms with E-state index in [0.717, 1.165) is 70.6 Å². The Morgan fingerprint density at radius 2 is 0.579 bits per heavy atom. The standard InChI is InChI=1S/C51H94O6/c1-4-7-10-13-16-19-22-25-28-31-34-37-40-43-49(52)55-46-48(57-51(54)45-42-39-36-33-30-27-24-21-18-15-12-9-6-3)47-56-50(53)44-41-38-35-32-29-26-23-20-17-14-11-8-5-2/h19,21-22,24,48H,4-18,20,23,25-47H2,1-3H3/b22-19-,24-21-/t48-/m0/s1. The average Bonchev–Trinajstić information content (AvgIpc) is 3.21. The molecule has 0 fully saturated rings. The summed E-state index contributed by atoms with van der Waals surface area (Å²) < 4.78 is 16.8. The zero-order valence-corrected chi connectivity index (χ0v) is 38.1. The van der Waals surface area contributed by atoms with Crippen molar-refractivity contribution in [3.63, 3.8) is 0 Å². The van der Waals surface area contributed by atoms with Gasteiger partial charge in [-0.3, -0.25) is 14.4 Å². The van der Waals surface area contributed by atoms with E-state index in [4.69, 9.17) is 14.2 Å². The minimum absolute atomic E-state index is 0.0738. The van der Waals surface area contributed by atoms with Crippen LogP contribution in [-0.4, -0.2) is 37.2 Å². The topological polar surface area (TPSA) is 78.9 Å². The summed E-state index contributed by atoms with van der Waals surface area (Å²) in [6.45, 7) is 6.61. The molecule has 6 nitrogen and oxygen atoms in total. The van der Waals surface area contributed by atoms with E-state index in [0.29, 0.717) is 19.3 Å². The van der Waals surface area contributed by atoms with Crippen molar-refractivity contribution >= 4 is 17.9 Å². The van der Waals surface area contributed by atoms with Gasteiger partial charge in [-0.2, -0.15) is 0 Å². The Morgan fingerprint density at radius 1 is 0.333 bits per heavy atom. The maximum atomic E-state index is 12.7. The number of rotatable bonds is 45. The number of hydrogen-bond acceptors (Lipinski definition) is 6. The Bertz CT molecular complexity index is 927. The van der Waals surface area contributed by atoms with Crippen LogP contribution in [0.5, 0.6) is 0 Å². The molecule has 0 bridgehead atoms. The highest BCUT2D eigenvalue weighted by Crippen LogP contribution is 2.15. The highest BCUT2D eigenvalue weighted by atomic mass is 16.6. The van der Waals surface area contributed by atoms with Crippen LogP contribution in [0.2, 0.25) is 0 Å². The fourth-order valence-electron chi connectivity index (χ4n) is 7.14. The lowest BCUT2D eigenvalue weighted by Crippen LogP contribution is -2.30. The summed E-state index contributed by atoms with van der Waals surface area (Å²) in [5, 5.41) is 0. The molecule has 0 rings (SSSR count). The summed E-state index contributed by atoms with van der Waals surface area (Å²) >= 11 is 0. The van der Waals surface area contributed by atoms with Crippen LogP contribution in [0.1, 0.15) is 265 Å². The molecule has 0 spiro atoms. The zero-order valence-electron chi connectivity index (χ0n) is 38.1. The van der Waals surface area contributed by atoms with Crippen LogP contribution in [0.4, 0.5) is 0 Å². The van der Waals surface area contributed by atoms with Gasteiger partial charge in [-0.25, -0.2) is 0 Å². The van der Waals surface area contributed by atoms with Gasteiger partial charge in [0.2, 0.25) is 0 Å². The molecular formula is C51H94O6. The quantitative estimate of drug-likeness (QED) is 0.0264. The van der Waals surface area contributed by atoms with Gasteiger partial charge in [0.25, 0.3) is 0 Å². The van der Waals surface area contributed by atoms with Crippen molar-refractivity contribution in [3.05, 3.63) is 24.3 Å². The highest BCUT2D eigenvalue weighted by molar-refractivity contribution is 5.71. The second-order valence-corrected chi connectivity index (χ2v) is 16.7. The molecule has 0 heterocycles. The van der Waals surface area contributed by atoms with E-state index < -0.39 is 6.10 Å². The SMILES string of the molecule is CCCCCC/C=C\CCCCCCCC(=O)OC[C@@H](COC(=O)CCCCCCCCCCCCCCC)OC(=O)CCCCCCC/C=C\CCCCCC. The van der Waals surface area contributed by atoms with Crippen LogP contribution in [-0.2, 0) is 28.6 Å². The third-order valence-electron chi connectivity index (χ3n) is 10.9. The number of ether oxygens (including phenoxy) is 3. The summed E-state index contributed by atoms with van der Waals surface area (Å²) in [5.41, 5.74) is 0. The van der Waals surface area contributed by atoms with Crippen molar-refractivity contribution in [3.8, 4) is 0 Å². The van der Waals surface area contributed by atoms with Gasteiger partial charge >= 0.3 is 17.9 Å². The lowest BCUT2D eigenvalue weighted by molar-refractivity contribution is -0.167. The van der Waals surface area contributed by atoms with Gasteiger partial charge in [0.05, 0.1) is 0 Å². The monoisotopic (exact) mass is 803 g/mol. The first-order valence-electron chi connectivity index (χ1n) is 24.8. The van der Waals surface area contributed by atoms with E-state index in [9.17, 15) is 14.4 Å². The van der Waals surface area contributed by atoms with Crippen LogP contribution in [0.15, 0.2) is 24.3 Å². The van der Waals surface area contributed by atoms with Crippen LogP contribution in [0.3, 0.4) is 0 Å². The second-order valence-electron chi connectivity index (χ2n) is 16.7. The summed E-state index contributed by atoms with van der Waals surface area (Å²) in [6, 6.07) is 0. The molecule has 0 aromatic carbocycles. The molecule has 334 valence electrons. The Labute approximate surface area is 353 Å². The molecule has 6 heteroatoms. The molecule has 57 heavy (non-hydrogen) atoms. The molecule has 0 aliphatic carbocycles. The summed E-state index contributed by atoms with van der Waals surface area (Å²) in [6.07, 6.45) is 51.5. The average molecular weight is 803 g/mol. The maximum absolute atomic E-state index is 12.7. The molecule has 0 saturated heterocycles. The fraction of sp³-hybridized carbons (Fsp3) is 0.863. The summed E-state index contributed by atoms with van der Waals surface area (Å²) in [4.78, 5) is 37.8. The van der Waals surface area contributed by atoms with Gasteiger partial charge in [0.1, 0.15) is 13.2 Å². The minimum Gasteiger partial charge on any atom is -0.462 e. The molecular weight excluding hydrogens is 709 g/mol. The van der Waals surface area contributed by atoms with Crippen LogP contribution in [0.25, 0.3) is 0 Å². The van der Waals surface area contributed by atoms with E-state index in [1.54, 1.807) is 0 Å². The van der Waals surface area contributed by atoms with Crippen molar-refractivity contribution in [2.75, 3.05) is 13.2 Å². The smallest absolute Gasteiger partial charge is 0.306 e. The van der Waals surface area contributed by atoms with Gasteiger partial charge in [0, 0.05) is 19.3 Å². The van der Waals surface area contributed by atoms with E-state index in [1.165, 1.54) is 154 Å². The van der Waals surface area contributed by atoms with Crippen molar-refractivity contribution in [1.29, 1.82) is 0 Å². The zero-order chi connectivity index (χ0) is 41.5. The van der Waals surface area contributed by atoms with Gasteiger partial charge in [0.15, 0.2) is 6.10 Å². The minimum atomic E-state index is -0.773. The molecule has 0 aromatic rings. The third kappa shape index (κ3) is 44.8. The number of esters is 3. The summed E-state index contributed by atoms with van der Waals surface area (Å²) in [5.74, 6) is -0.883. The predicted molar refractivity (Wildman–Crippen MR) is 243 cm³/mol. The molecule has 0 aliphatic heterocycles. The van der Waals surface area contributed by atoms with E-state index in [-0.39, 0.29) is 31.1 Å². The van der Waals surface area contributed by atoms with Crippen molar-refractivity contribution in [1.82, 2.24) is 0 Å². The highest BCUT2D eigenvalue weighted by Gasteiger charge is 2.19. The molecule has 0 radical (unpaired) electrons. The molecule has 0 amide bonds. The number of carbonyl (C=O) groups excluding carboxylic acids is 3. The Balaban J connectivity index is 4.37. The van der Waals surface area contributed by atoms with Gasteiger partial charge in [-0.15, -0.1) is 0 Å². The Hall–Kier alpha value is -2.11. The Morgan fingerprint density at radius 3 is 0.895 bits per heavy atom. The van der Waals surface area contributed by atoms with E-state index in [1.807, 2.05) is 0 Å². The summed E-state index contributed by atoms with van der Waals surface area (Å²) in [7, 11) is 0. The first-order chi connectivity index (χ1) is 28.0. The first-order valence-corrected chi connectivity index (χ1v) is 24.8. The second kappa shape index (κ2) is 46.6. The molecule has 0 aliphatic rings. The molecule has 0 N–H and O–H groups in total. The predicted octanol–water partition coefficient (Wildman–Crippen LogP) is 16.0. The first kappa shape index (κ1) is 54.9. The lowest BCUT2D eigenvalue weighted by atomic mass is 10.0. The number of hydrogen-bond donors (Lipinski definition) is 0. The molecule has 0 aromatic heterocycles. The number of carbonyl (C=O) groups is 3. The van der Waals surface area contributed by atoms with Crippen LogP contribution >= 0.6 is 0 Å². The molecule has 1 atom stereocenters. The Kier molecular flexibility index (Phi) is 44.9. The number of unbranched alkanes of at least 4 members (excludes halogenated alkanes) is 30. The third-order valence-corrected chi connectivity index (χ3v) is 10.9.